The second kappa shape index (κ2) is 9.76. The molecule has 8 heteroatoms. The van der Waals surface area contributed by atoms with Crippen LogP contribution in [0.25, 0.3) is 0 Å². The predicted octanol–water partition coefficient (Wildman–Crippen LogP) is 2.65. The second-order valence-corrected chi connectivity index (χ2v) is 5.99. The second-order valence-electron chi connectivity index (χ2n) is 5.55. The Morgan fingerprint density at radius 1 is 1.16 bits per heavy atom. The Labute approximate surface area is 170 Å². The molecule has 0 bridgehead atoms. The summed E-state index contributed by atoms with van der Waals surface area (Å²) >= 11 is 6.03. The molecule has 2 heterocycles. The quantitative estimate of drug-likeness (QED) is 0.423. The first kappa shape index (κ1) is 19.7. The molecular formula is C17H22ClIN6. The molecule has 0 amide bonds. The van der Waals surface area contributed by atoms with E-state index in [4.69, 9.17) is 11.6 Å². The molecule has 1 N–H and O–H groups in total. The highest BCUT2D eigenvalue weighted by Gasteiger charge is 2.20. The summed E-state index contributed by atoms with van der Waals surface area (Å²) in [4.78, 5) is 17.5. The Kier molecular flexibility index (Phi) is 7.70. The molecule has 0 radical (unpaired) electrons. The molecular weight excluding hydrogens is 451 g/mol. The summed E-state index contributed by atoms with van der Waals surface area (Å²) in [7, 11) is 1.81. The minimum Gasteiger partial charge on any atom is -0.352 e. The molecule has 0 aliphatic carbocycles. The van der Waals surface area contributed by atoms with E-state index in [0.717, 1.165) is 48.7 Å². The fourth-order valence-corrected chi connectivity index (χ4v) is 2.95. The SMILES string of the molecule is CN=C(NCc1cccc(Cl)c1)N1CCN(c2ncccn2)CC1.I. The standard InChI is InChI=1S/C17H21ClN6.HI/c1-19-16(22-13-14-4-2-5-15(18)12-14)23-8-10-24(11-9-23)17-20-6-3-7-21-17;/h2-7,12H,8-11,13H2,1H3,(H,19,22);1H. The Balaban J connectivity index is 0.00000225. The van der Waals surface area contributed by atoms with Crippen molar-refractivity contribution in [2.24, 2.45) is 4.99 Å². The molecule has 1 aliphatic heterocycles. The van der Waals surface area contributed by atoms with Gasteiger partial charge in [-0.15, -0.1) is 24.0 Å². The third-order valence-corrected chi connectivity index (χ3v) is 4.20. The highest BCUT2D eigenvalue weighted by Crippen LogP contribution is 2.12. The van der Waals surface area contributed by atoms with Gasteiger partial charge in [-0.05, 0) is 23.8 Å². The molecule has 0 atom stereocenters. The van der Waals surface area contributed by atoms with Gasteiger partial charge in [0.05, 0.1) is 0 Å². The van der Waals surface area contributed by atoms with Crippen molar-refractivity contribution in [1.82, 2.24) is 20.2 Å². The Morgan fingerprint density at radius 2 is 1.88 bits per heavy atom. The van der Waals surface area contributed by atoms with Gasteiger partial charge in [0, 0.05) is 57.2 Å². The number of aliphatic imine (C=N–C) groups is 1. The van der Waals surface area contributed by atoms with E-state index in [0.29, 0.717) is 6.54 Å². The lowest BCUT2D eigenvalue weighted by Crippen LogP contribution is -2.52. The number of halogens is 2. The molecule has 0 saturated carbocycles. The van der Waals surface area contributed by atoms with Crippen molar-refractivity contribution in [2.45, 2.75) is 6.54 Å². The van der Waals surface area contributed by atoms with E-state index in [9.17, 15) is 0 Å². The van der Waals surface area contributed by atoms with Crippen molar-refractivity contribution in [2.75, 3.05) is 38.1 Å². The molecule has 6 nitrogen and oxygen atoms in total. The van der Waals surface area contributed by atoms with Crippen LogP contribution in [0.3, 0.4) is 0 Å². The van der Waals surface area contributed by atoms with E-state index in [-0.39, 0.29) is 24.0 Å². The van der Waals surface area contributed by atoms with Gasteiger partial charge in [0.2, 0.25) is 5.95 Å². The summed E-state index contributed by atoms with van der Waals surface area (Å²) in [5, 5.41) is 4.16. The molecule has 2 aromatic rings. The van der Waals surface area contributed by atoms with Crippen LogP contribution in [-0.2, 0) is 6.54 Å². The predicted molar refractivity (Wildman–Crippen MR) is 113 cm³/mol. The maximum atomic E-state index is 6.03. The number of rotatable bonds is 3. The number of hydrogen-bond acceptors (Lipinski definition) is 4. The summed E-state index contributed by atoms with van der Waals surface area (Å²) in [5.74, 6) is 1.70. The first-order chi connectivity index (χ1) is 11.8. The zero-order valence-corrected chi connectivity index (χ0v) is 17.2. The maximum Gasteiger partial charge on any atom is 0.225 e. The molecule has 25 heavy (non-hydrogen) atoms. The maximum absolute atomic E-state index is 6.03. The van der Waals surface area contributed by atoms with Crippen LogP contribution in [0, 0.1) is 0 Å². The Hall–Kier alpha value is -1.61. The number of anilines is 1. The fourth-order valence-electron chi connectivity index (χ4n) is 2.73. The first-order valence-corrected chi connectivity index (χ1v) is 8.36. The van der Waals surface area contributed by atoms with Crippen molar-refractivity contribution in [3.05, 3.63) is 53.3 Å². The lowest BCUT2D eigenvalue weighted by molar-refractivity contribution is 0.370. The minimum atomic E-state index is 0. The third kappa shape index (κ3) is 5.43. The van der Waals surface area contributed by atoms with Crippen LogP contribution < -0.4 is 10.2 Å². The highest BCUT2D eigenvalue weighted by atomic mass is 127. The van der Waals surface area contributed by atoms with E-state index < -0.39 is 0 Å². The van der Waals surface area contributed by atoms with Crippen molar-refractivity contribution in [1.29, 1.82) is 0 Å². The van der Waals surface area contributed by atoms with Crippen molar-refractivity contribution >= 4 is 47.5 Å². The highest BCUT2D eigenvalue weighted by molar-refractivity contribution is 14.0. The average Bonchev–Trinajstić information content (AvgIpc) is 2.64. The lowest BCUT2D eigenvalue weighted by atomic mass is 10.2. The zero-order chi connectivity index (χ0) is 16.8. The minimum absolute atomic E-state index is 0. The number of hydrogen-bond donors (Lipinski definition) is 1. The molecule has 0 unspecified atom stereocenters. The number of nitrogens with one attached hydrogen (secondary N) is 1. The van der Waals surface area contributed by atoms with Crippen molar-refractivity contribution in [3.8, 4) is 0 Å². The van der Waals surface area contributed by atoms with Crippen molar-refractivity contribution in [3.63, 3.8) is 0 Å². The van der Waals surface area contributed by atoms with Crippen LogP contribution >= 0.6 is 35.6 Å². The van der Waals surface area contributed by atoms with E-state index in [1.54, 1.807) is 12.4 Å². The van der Waals surface area contributed by atoms with E-state index >= 15 is 0 Å². The van der Waals surface area contributed by atoms with Crippen LogP contribution in [0.1, 0.15) is 5.56 Å². The number of nitrogens with zero attached hydrogens (tertiary/aromatic N) is 5. The molecule has 3 rings (SSSR count). The van der Waals surface area contributed by atoms with Gasteiger partial charge in [0.25, 0.3) is 0 Å². The molecule has 1 saturated heterocycles. The van der Waals surface area contributed by atoms with Gasteiger partial charge in [-0.1, -0.05) is 23.7 Å². The van der Waals surface area contributed by atoms with E-state index in [2.05, 4.69) is 36.1 Å². The molecule has 1 aromatic heterocycles. The molecule has 1 aromatic carbocycles. The van der Waals surface area contributed by atoms with Gasteiger partial charge in [-0.3, -0.25) is 4.99 Å². The summed E-state index contributed by atoms with van der Waals surface area (Å²) in [6.07, 6.45) is 3.56. The molecule has 1 aliphatic rings. The topological polar surface area (TPSA) is 56.7 Å². The molecule has 134 valence electrons. The normalized spacial score (nSPS) is 14.9. The number of benzene rings is 1. The zero-order valence-electron chi connectivity index (χ0n) is 14.1. The van der Waals surface area contributed by atoms with Crippen LogP contribution in [0.4, 0.5) is 5.95 Å². The van der Waals surface area contributed by atoms with Gasteiger partial charge >= 0.3 is 0 Å². The number of guanidine groups is 1. The number of aromatic nitrogens is 2. The molecule has 1 fully saturated rings. The third-order valence-electron chi connectivity index (χ3n) is 3.97. The monoisotopic (exact) mass is 472 g/mol. The van der Waals surface area contributed by atoms with E-state index in [1.165, 1.54) is 0 Å². The molecule has 0 spiro atoms. The number of piperazine rings is 1. The Morgan fingerprint density at radius 3 is 2.52 bits per heavy atom. The Bertz CT molecular complexity index is 689. The summed E-state index contributed by atoms with van der Waals surface area (Å²) in [6.45, 7) is 4.22. The van der Waals surface area contributed by atoms with Crippen LogP contribution in [0.5, 0.6) is 0 Å². The van der Waals surface area contributed by atoms with Crippen LogP contribution in [0.2, 0.25) is 5.02 Å². The van der Waals surface area contributed by atoms with Crippen molar-refractivity contribution < 1.29 is 0 Å². The van der Waals surface area contributed by atoms with Crippen LogP contribution in [-0.4, -0.2) is 54.1 Å². The van der Waals surface area contributed by atoms with Gasteiger partial charge in [0.1, 0.15) is 0 Å². The van der Waals surface area contributed by atoms with Gasteiger partial charge in [-0.25, -0.2) is 9.97 Å². The summed E-state index contributed by atoms with van der Waals surface area (Å²) < 4.78 is 0. The average molecular weight is 473 g/mol. The smallest absolute Gasteiger partial charge is 0.225 e. The van der Waals surface area contributed by atoms with Gasteiger partial charge in [0.15, 0.2) is 5.96 Å². The van der Waals surface area contributed by atoms with Gasteiger partial charge in [-0.2, -0.15) is 0 Å². The first-order valence-electron chi connectivity index (χ1n) is 7.98. The summed E-state index contributed by atoms with van der Waals surface area (Å²) in [6, 6.07) is 9.69. The van der Waals surface area contributed by atoms with E-state index in [1.807, 2.05) is 31.3 Å². The summed E-state index contributed by atoms with van der Waals surface area (Å²) in [5.41, 5.74) is 1.14. The largest absolute Gasteiger partial charge is 0.352 e. The fraction of sp³-hybridized carbons (Fsp3) is 0.353. The lowest BCUT2D eigenvalue weighted by Gasteiger charge is -2.36. The van der Waals surface area contributed by atoms with Crippen LogP contribution in [0.15, 0.2) is 47.7 Å². The van der Waals surface area contributed by atoms with Gasteiger partial charge < -0.3 is 15.1 Å².